The van der Waals surface area contributed by atoms with Crippen molar-refractivity contribution in [3.05, 3.63) is 29.8 Å². The summed E-state index contributed by atoms with van der Waals surface area (Å²) in [6.45, 7) is 10.9. The van der Waals surface area contributed by atoms with Crippen LogP contribution in [0.25, 0.3) is 0 Å². The Hall–Kier alpha value is -1.09. The number of anilines is 1. The minimum Gasteiger partial charge on any atom is -0.359 e. The van der Waals surface area contributed by atoms with Crippen LogP contribution in [0.3, 0.4) is 0 Å². The van der Waals surface area contributed by atoms with Crippen molar-refractivity contribution < 1.29 is 0 Å². The van der Waals surface area contributed by atoms with Crippen LogP contribution in [0.1, 0.15) is 33.3 Å². The van der Waals surface area contributed by atoms with Gasteiger partial charge in [0.15, 0.2) is 5.11 Å². The summed E-state index contributed by atoms with van der Waals surface area (Å²) in [6.07, 6.45) is 0. The Bertz CT molecular complexity index is 374. The van der Waals surface area contributed by atoms with E-state index >= 15 is 0 Å². The van der Waals surface area contributed by atoms with Gasteiger partial charge in [-0.1, -0.05) is 45.4 Å². The van der Waals surface area contributed by atoms with Gasteiger partial charge in [-0.3, -0.25) is 0 Å². The highest BCUT2D eigenvalue weighted by atomic mass is 32.1. The molecule has 0 atom stereocenters. The summed E-state index contributed by atoms with van der Waals surface area (Å²) in [6, 6.07) is 8.64. The number of rotatable bonds is 4. The molecule has 0 unspecified atom stereocenters. The highest BCUT2D eigenvalue weighted by Gasteiger charge is 2.17. The fourth-order valence-corrected chi connectivity index (χ4v) is 2.31. The van der Waals surface area contributed by atoms with Crippen molar-refractivity contribution in [1.82, 2.24) is 5.32 Å². The normalized spacial score (nSPS) is 11.1. The molecule has 0 amide bonds. The molecule has 0 heterocycles. The number of benzene rings is 1. The van der Waals surface area contributed by atoms with Gasteiger partial charge in [-0.25, -0.2) is 0 Å². The molecule has 3 heteroatoms. The Morgan fingerprint density at radius 3 is 1.94 bits per heavy atom. The van der Waals surface area contributed by atoms with Crippen molar-refractivity contribution in [2.24, 2.45) is 11.8 Å². The maximum Gasteiger partial charge on any atom is 0.171 e. The fourth-order valence-electron chi connectivity index (χ4n) is 2.06. The fraction of sp³-hybridized carbons (Fsp3) is 0.533. The quantitative estimate of drug-likeness (QED) is 0.805. The summed E-state index contributed by atoms with van der Waals surface area (Å²) in [5.41, 5.74) is 2.28. The maximum atomic E-state index is 5.36. The first-order valence-electron chi connectivity index (χ1n) is 6.54. The van der Waals surface area contributed by atoms with Gasteiger partial charge in [-0.2, -0.15) is 0 Å². The van der Waals surface area contributed by atoms with Crippen LogP contribution in [0.15, 0.2) is 24.3 Å². The van der Waals surface area contributed by atoms with E-state index in [9.17, 15) is 0 Å². The Labute approximate surface area is 116 Å². The minimum atomic E-state index is 0.399. The highest BCUT2D eigenvalue weighted by molar-refractivity contribution is 7.80. The van der Waals surface area contributed by atoms with Gasteiger partial charge >= 0.3 is 0 Å². The number of nitrogens with one attached hydrogen (secondary N) is 2. The predicted molar refractivity (Wildman–Crippen MR) is 84.0 cm³/mol. The van der Waals surface area contributed by atoms with Crippen LogP contribution in [0.5, 0.6) is 0 Å². The van der Waals surface area contributed by atoms with Crippen LogP contribution in [0.4, 0.5) is 5.69 Å². The Balaban J connectivity index is 2.58. The molecule has 0 spiro atoms. The van der Waals surface area contributed by atoms with Gasteiger partial charge < -0.3 is 10.6 Å². The molecule has 0 saturated heterocycles. The SMILES string of the molecule is Cc1ccc(NC(=S)NC(C(C)C)C(C)C)cc1. The second-order valence-corrected chi connectivity index (χ2v) is 5.89. The zero-order valence-corrected chi connectivity index (χ0v) is 12.8. The molecule has 1 rings (SSSR count). The molecule has 0 aliphatic carbocycles. The minimum absolute atomic E-state index is 0.399. The van der Waals surface area contributed by atoms with Gasteiger partial charge in [-0.05, 0) is 43.1 Å². The molecule has 1 aromatic carbocycles. The molecule has 0 aromatic heterocycles. The van der Waals surface area contributed by atoms with Crippen LogP contribution in [-0.2, 0) is 0 Å². The molecule has 0 radical (unpaired) electrons. The Morgan fingerprint density at radius 2 is 1.50 bits per heavy atom. The van der Waals surface area contributed by atoms with E-state index in [2.05, 4.69) is 57.4 Å². The van der Waals surface area contributed by atoms with Crippen molar-refractivity contribution in [3.8, 4) is 0 Å². The molecule has 0 bridgehead atoms. The number of hydrogen-bond donors (Lipinski definition) is 2. The van der Waals surface area contributed by atoms with E-state index < -0.39 is 0 Å². The topological polar surface area (TPSA) is 24.1 Å². The average molecular weight is 264 g/mol. The van der Waals surface area contributed by atoms with Crippen molar-refractivity contribution in [1.29, 1.82) is 0 Å². The van der Waals surface area contributed by atoms with E-state index in [-0.39, 0.29) is 0 Å². The third kappa shape index (κ3) is 4.65. The van der Waals surface area contributed by atoms with E-state index in [1.54, 1.807) is 0 Å². The standard InChI is InChI=1S/C15H24N2S/c1-10(2)14(11(3)4)17-15(18)16-13-8-6-12(5)7-9-13/h6-11,14H,1-5H3,(H2,16,17,18). The highest BCUT2D eigenvalue weighted by Crippen LogP contribution is 2.13. The number of hydrogen-bond acceptors (Lipinski definition) is 1. The third-order valence-electron chi connectivity index (χ3n) is 3.04. The molecule has 1 aromatic rings. The number of aryl methyl sites for hydroxylation is 1. The van der Waals surface area contributed by atoms with Crippen molar-refractivity contribution in [2.45, 2.75) is 40.7 Å². The van der Waals surface area contributed by atoms with Gasteiger partial charge in [0.1, 0.15) is 0 Å². The first-order valence-corrected chi connectivity index (χ1v) is 6.95. The largest absolute Gasteiger partial charge is 0.359 e. The molecule has 0 aliphatic rings. The third-order valence-corrected chi connectivity index (χ3v) is 3.26. The van der Waals surface area contributed by atoms with Crippen LogP contribution >= 0.6 is 12.2 Å². The van der Waals surface area contributed by atoms with E-state index in [1.165, 1.54) is 5.56 Å². The zero-order chi connectivity index (χ0) is 13.7. The second-order valence-electron chi connectivity index (χ2n) is 5.48. The van der Waals surface area contributed by atoms with E-state index in [1.807, 2.05) is 12.1 Å². The summed E-state index contributed by atoms with van der Waals surface area (Å²) < 4.78 is 0. The molecule has 0 saturated carbocycles. The summed E-state index contributed by atoms with van der Waals surface area (Å²) in [4.78, 5) is 0. The van der Waals surface area contributed by atoms with E-state index in [0.717, 1.165) is 5.69 Å². The summed E-state index contributed by atoms with van der Waals surface area (Å²) in [7, 11) is 0. The molecule has 2 nitrogen and oxygen atoms in total. The van der Waals surface area contributed by atoms with Crippen molar-refractivity contribution >= 4 is 23.0 Å². The zero-order valence-electron chi connectivity index (χ0n) is 11.9. The molecule has 0 aliphatic heterocycles. The van der Waals surface area contributed by atoms with Gasteiger partial charge in [0.2, 0.25) is 0 Å². The lowest BCUT2D eigenvalue weighted by atomic mass is 9.93. The first-order chi connectivity index (χ1) is 8.40. The Morgan fingerprint density at radius 1 is 1.00 bits per heavy atom. The Kier molecular flexibility index (Phi) is 5.60. The summed E-state index contributed by atoms with van der Waals surface area (Å²) >= 11 is 5.36. The summed E-state index contributed by atoms with van der Waals surface area (Å²) in [5.74, 6) is 1.12. The van der Waals surface area contributed by atoms with Gasteiger partial charge in [0.05, 0.1) is 0 Å². The maximum absolute atomic E-state index is 5.36. The average Bonchev–Trinajstić information content (AvgIpc) is 2.28. The van der Waals surface area contributed by atoms with Crippen LogP contribution < -0.4 is 10.6 Å². The lowest BCUT2D eigenvalue weighted by Crippen LogP contribution is -2.44. The van der Waals surface area contributed by atoms with E-state index in [4.69, 9.17) is 12.2 Å². The van der Waals surface area contributed by atoms with Crippen molar-refractivity contribution in [3.63, 3.8) is 0 Å². The monoisotopic (exact) mass is 264 g/mol. The summed E-state index contributed by atoms with van der Waals surface area (Å²) in [5, 5.41) is 7.33. The molecular weight excluding hydrogens is 240 g/mol. The first kappa shape index (κ1) is 15.0. The van der Waals surface area contributed by atoms with Gasteiger partial charge in [0.25, 0.3) is 0 Å². The second kappa shape index (κ2) is 6.74. The smallest absolute Gasteiger partial charge is 0.171 e. The van der Waals surface area contributed by atoms with Crippen LogP contribution in [0, 0.1) is 18.8 Å². The molecule has 0 fully saturated rings. The van der Waals surface area contributed by atoms with Crippen molar-refractivity contribution in [2.75, 3.05) is 5.32 Å². The lowest BCUT2D eigenvalue weighted by molar-refractivity contribution is 0.356. The molecule has 18 heavy (non-hydrogen) atoms. The number of thiocarbonyl (C=S) groups is 1. The van der Waals surface area contributed by atoms with E-state index in [0.29, 0.717) is 23.0 Å². The predicted octanol–water partition coefficient (Wildman–Crippen LogP) is 3.96. The van der Waals surface area contributed by atoms with Crippen LogP contribution in [-0.4, -0.2) is 11.2 Å². The van der Waals surface area contributed by atoms with Crippen LogP contribution in [0.2, 0.25) is 0 Å². The molecular formula is C15H24N2S. The molecule has 2 N–H and O–H groups in total. The van der Waals surface area contributed by atoms with Gasteiger partial charge in [0, 0.05) is 11.7 Å². The lowest BCUT2D eigenvalue weighted by Gasteiger charge is -2.27. The molecule has 100 valence electrons. The van der Waals surface area contributed by atoms with Gasteiger partial charge in [-0.15, -0.1) is 0 Å².